The Bertz CT molecular complexity index is 2260. The lowest BCUT2D eigenvalue weighted by Gasteiger charge is -2.26. The van der Waals surface area contributed by atoms with Crippen molar-refractivity contribution in [1.82, 2.24) is 46.5 Å². The summed E-state index contributed by atoms with van der Waals surface area (Å²) in [5, 5.41) is 15.7. The molecule has 0 spiro atoms. The largest absolute Gasteiger partial charge is 0.361 e. The Labute approximate surface area is 303 Å². The first-order valence-corrected chi connectivity index (χ1v) is 17.4. The highest BCUT2D eigenvalue weighted by atomic mass is 16.2. The molecule has 1 aliphatic rings. The van der Waals surface area contributed by atoms with Crippen molar-refractivity contribution in [3.8, 4) is 0 Å². The lowest BCUT2D eigenvalue weighted by atomic mass is 10.0. The number of rotatable bonds is 7. The SMILES string of the molecule is C[C@@H]1NC(=O)C(c2c[nH]c3ccccc23)NC(=O)[C@H](Cc2cnc[nH]2)NC(=O)[C@@H](Cc2ccccc2)NC(=O)[C@H](Cc2c[nH]c3ccccc23)NC1=O. The number of imidazole rings is 1. The fourth-order valence-electron chi connectivity index (χ4n) is 6.68. The quantitative estimate of drug-likeness (QED) is 0.125. The van der Waals surface area contributed by atoms with Crippen molar-refractivity contribution in [2.24, 2.45) is 0 Å². The molecule has 53 heavy (non-hydrogen) atoms. The zero-order valence-corrected chi connectivity index (χ0v) is 28.8. The van der Waals surface area contributed by atoms with Gasteiger partial charge in [0, 0.05) is 70.9 Å². The maximum Gasteiger partial charge on any atom is 0.247 e. The van der Waals surface area contributed by atoms with Crippen LogP contribution in [0.4, 0.5) is 0 Å². The topological polar surface area (TPSA) is 206 Å². The lowest BCUT2D eigenvalue weighted by Crippen LogP contribution is -2.58. The minimum absolute atomic E-state index is 0.00539. The van der Waals surface area contributed by atoms with Gasteiger partial charge in [-0.2, -0.15) is 0 Å². The second-order valence-corrected chi connectivity index (χ2v) is 13.2. The zero-order valence-electron chi connectivity index (χ0n) is 28.8. The van der Waals surface area contributed by atoms with Gasteiger partial charge in [0.2, 0.25) is 29.5 Å². The highest BCUT2D eigenvalue weighted by Crippen LogP contribution is 2.25. The van der Waals surface area contributed by atoms with Crippen LogP contribution >= 0.6 is 0 Å². The normalized spacial score (nSPS) is 21.9. The number of hydrogen-bond acceptors (Lipinski definition) is 6. The van der Waals surface area contributed by atoms with Crippen LogP contribution in [0.3, 0.4) is 0 Å². The fourth-order valence-corrected chi connectivity index (χ4v) is 6.68. The number of benzene rings is 3. The predicted molar refractivity (Wildman–Crippen MR) is 197 cm³/mol. The molecule has 8 N–H and O–H groups in total. The molecule has 0 saturated carbocycles. The summed E-state index contributed by atoms with van der Waals surface area (Å²) in [5.74, 6) is -3.19. The maximum atomic E-state index is 14.2. The van der Waals surface area contributed by atoms with Gasteiger partial charge < -0.3 is 41.5 Å². The zero-order chi connectivity index (χ0) is 36.9. The lowest BCUT2D eigenvalue weighted by molar-refractivity contribution is -0.134. The van der Waals surface area contributed by atoms with E-state index in [9.17, 15) is 24.0 Å². The van der Waals surface area contributed by atoms with Crippen LogP contribution in [-0.2, 0) is 43.2 Å². The van der Waals surface area contributed by atoms with Crippen LogP contribution in [0, 0.1) is 0 Å². The molecule has 3 aromatic heterocycles. The Morgan fingerprint density at radius 2 is 1.13 bits per heavy atom. The van der Waals surface area contributed by atoms with E-state index in [0.717, 1.165) is 27.5 Å². The number of aromatic nitrogens is 4. The molecule has 6 aromatic rings. The summed E-state index contributed by atoms with van der Waals surface area (Å²) in [5.41, 5.74) is 4.15. The number of para-hydroxylation sites is 2. The van der Waals surface area contributed by atoms with Gasteiger partial charge in [0.15, 0.2) is 0 Å². The Balaban J connectivity index is 1.28. The molecule has 0 radical (unpaired) electrons. The number of nitrogens with zero attached hydrogens (tertiary/aromatic N) is 1. The van der Waals surface area contributed by atoms with Crippen molar-refractivity contribution in [3.63, 3.8) is 0 Å². The molecule has 14 nitrogen and oxygen atoms in total. The fraction of sp³-hybridized carbons (Fsp3) is 0.231. The Kier molecular flexibility index (Phi) is 10.0. The molecule has 1 saturated heterocycles. The van der Waals surface area contributed by atoms with Gasteiger partial charge in [-0.3, -0.25) is 24.0 Å². The third kappa shape index (κ3) is 7.81. The number of hydrogen-bond donors (Lipinski definition) is 8. The number of amides is 5. The Hall–Kier alpha value is -6.70. The first kappa shape index (κ1) is 34.7. The van der Waals surface area contributed by atoms with Crippen LogP contribution in [0.2, 0.25) is 0 Å². The number of fused-ring (bicyclic) bond motifs is 2. The average Bonchev–Trinajstić information content (AvgIpc) is 3.94. The van der Waals surface area contributed by atoms with Crippen molar-refractivity contribution < 1.29 is 24.0 Å². The van der Waals surface area contributed by atoms with Crippen molar-refractivity contribution in [2.45, 2.75) is 56.4 Å². The highest BCUT2D eigenvalue weighted by molar-refractivity contribution is 6.00. The molecule has 0 aliphatic carbocycles. The van der Waals surface area contributed by atoms with E-state index >= 15 is 0 Å². The molecule has 14 heteroatoms. The molecular formula is C39H39N9O5. The van der Waals surface area contributed by atoms with E-state index in [1.807, 2.05) is 78.9 Å². The van der Waals surface area contributed by atoms with Gasteiger partial charge in [-0.15, -0.1) is 0 Å². The molecule has 5 atom stereocenters. The molecular weight excluding hydrogens is 674 g/mol. The Morgan fingerprint density at radius 3 is 1.85 bits per heavy atom. The first-order chi connectivity index (χ1) is 25.7. The van der Waals surface area contributed by atoms with Gasteiger partial charge in [-0.1, -0.05) is 66.7 Å². The van der Waals surface area contributed by atoms with Crippen molar-refractivity contribution in [1.29, 1.82) is 0 Å². The summed E-state index contributed by atoms with van der Waals surface area (Å²) in [6.07, 6.45) is 6.60. The minimum atomic E-state index is -1.26. The average molecular weight is 714 g/mol. The number of H-pyrrole nitrogens is 3. The van der Waals surface area contributed by atoms with Gasteiger partial charge in [0.25, 0.3) is 0 Å². The molecule has 0 bridgehead atoms. The van der Waals surface area contributed by atoms with Gasteiger partial charge in [0.05, 0.1) is 6.33 Å². The van der Waals surface area contributed by atoms with Gasteiger partial charge in [-0.25, -0.2) is 4.98 Å². The van der Waals surface area contributed by atoms with Crippen LogP contribution in [0.15, 0.2) is 104 Å². The summed E-state index contributed by atoms with van der Waals surface area (Å²) in [6, 6.07) is 18.2. The van der Waals surface area contributed by atoms with Crippen LogP contribution < -0.4 is 26.6 Å². The van der Waals surface area contributed by atoms with Crippen molar-refractivity contribution in [3.05, 3.63) is 126 Å². The molecule has 270 valence electrons. The summed E-state index contributed by atoms with van der Waals surface area (Å²) in [6.45, 7) is 1.50. The van der Waals surface area contributed by atoms with Crippen molar-refractivity contribution >= 4 is 51.3 Å². The summed E-state index contributed by atoms with van der Waals surface area (Å²) in [7, 11) is 0. The second-order valence-electron chi connectivity index (χ2n) is 13.2. The molecule has 1 fully saturated rings. The van der Waals surface area contributed by atoms with Crippen molar-refractivity contribution in [2.75, 3.05) is 0 Å². The van der Waals surface area contributed by atoms with Crippen LogP contribution in [0.1, 0.15) is 35.3 Å². The smallest absolute Gasteiger partial charge is 0.247 e. The van der Waals surface area contributed by atoms with Crippen LogP contribution in [0.5, 0.6) is 0 Å². The second kappa shape index (κ2) is 15.3. The number of carbonyl (C=O) groups is 5. The van der Waals surface area contributed by atoms with Crippen LogP contribution in [0.25, 0.3) is 21.8 Å². The third-order valence-electron chi connectivity index (χ3n) is 9.49. The van der Waals surface area contributed by atoms with Crippen LogP contribution in [-0.4, -0.2) is 73.6 Å². The van der Waals surface area contributed by atoms with E-state index in [0.29, 0.717) is 16.6 Å². The Morgan fingerprint density at radius 1 is 0.547 bits per heavy atom. The molecule has 4 heterocycles. The number of carbonyl (C=O) groups excluding carboxylic acids is 5. The standard InChI is InChI=1S/C39H39N9O5/c1-22-35(49)45-32(16-24-18-41-29-13-7-5-11-26(24)29)37(51)46-31(15-23-9-3-2-4-10-23)36(50)47-33(17-25-19-40-21-43-25)38(52)48-34(39(53)44-22)28-20-42-30-14-8-6-12-27(28)30/h2-14,18-22,31-34,41-42H,15-17H2,1H3,(H,40,43)(H,44,53)(H,45,49)(H,46,51)(H,47,50)(H,48,52)/t22-,31+,32-,33-,34?/m0/s1. The monoisotopic (exact) mass is 713 g/mol. The summed E-state index contributed by atoms with van der Waals surface area (Å²) < 4.78 is 0. The maximum absolute atomic E-state index is 14.2. The first-order valence-electron chi connectivity index (χ1n) is 17.4. The highest BCUT2D eigenvalue weighted by Gasteiger charge is 2.35. The van der Waals surface area contributed by atoms with E-state index in [4.69, 9.17) is 0 Å². The summed E-state index contributed by atoms with van der Waals surface area (Å²) >= 11 is 0. The van der Waals surface area contributed by atoms with E-state index in [1.165, 1.54) is 19.4 Å². The minimum Gasteiger partial charge on any atom is -0.361 e. The molecule has 3 aromatic carbocycles. The predicted octanol–water partition coefficient (Wildman–Crippen LogP) is 2.23. The van der Waals surface area contributed by atoms with E-state index < -0.39 is 59.7 Å². The summed E-state index contributed by atoms with van der Waals surface area (Å²) in [4.78, 5) is 83.9. The van der Waals surface area contributed by atoms with E-state index in [2.05, 4.69) is 46.5 Å². The molecule has 1 aliphatic heterocycles. The van der Waals surface area contributed by atoms with E-state index in [1.54, 1.807) is 12.4 Å². The van der Waals surface area contributed by atoms with Gasteiger partial charge >= 0.3 is 0 Å². The van der Waals surface area contributed by atoms with Gasteiger partial charge in [-0.05, 0) is 30.2 Å². The van der Waals surface area contributed by atoms with E-state index in [-0.39, 0.29) is 19.3 Å². The number of nitrogens with one attached hydrogen (secondary N) is 8. The molecule has 1 unspecified atom stereocenters. The third-order valence-corrected chi connectivity index (χ3v) is 9.49. The molecule has 7 rings (SSSR count). The molecule has 5 amide bonds. The number of aromatic amines is 3. The van der Waals surface area contributed by atoms with Gasteiger partial charge in [0.1, 0.15) is 30.2 Å².